The lowest BCUT2D eigenvalue weighted by Gasteiger charge is -2.23. The predicted molar refractivity (Wildman–Crippen MR) is 81.2 cm³/mol. The number of hydrogen-bond acceptors (Lipinski definition) is 7. The van der Waals surface area contributed by atoms with Crippen LogP contribution in [-0.2, 0) is 9.47 Å². The van der Waals surface area contributed by atoms with Gasteiger partial charge in [-0.3, -0.25) is 14.3 Å². The van der Waals surface area contributed by atoms with E-state index in [2.05, 4.69) is 4.98 Å². The molecule has 2 rings (SSSR count). The number of rotatable bonds is 6. The Hall–Kier alpha value is -1.13. The van der Waals surface area contributed by atoms with E-state index in [9.17, 15) is 19.8 Å². The Morgan fingerprint density at radius 3 is 2.77 bits per heavy atom. The number of nitrogens with zero attached hydrogens (tertiary/aromatic N) is 1. The Balaban J connectivity index is 2.31. The van der Waals surface area contributed by atoms with Crippen molar-refractivity contribution in [1.29, 1.82) is 0 Å². The predicted octanol–water partition coefficient (Wildman–Crippen LogP) is -1.16. The molecule has 2 heterocycles. The molecule has 0 aromatic carbocycles. The summed E-state index contributed by atoms with van der Waals surface area (Å²) in [7, 11) is 1.53. The van der Waals surface area contributed by atoms with Crippen LogP contribution in [0.1, 0.15) is 10.9 Å². The van der Waals surface area contributed by atoms with Crippen LogP contribution in [0.15, 0.2) is 15.8 Å². The summed E-state index contributed by atoms with van der Waals surface area (Å²) < 4.78 is 11.9. The van der Waals surface area contributed by atoms with Crippen molar-refractivity contribution in [3.8, 4) is 0 Å². The van der Waals surface area contributed by atoms with Gasteiger partial charge in [-0.05, 0) is 6.92 Å². The first-order chi connectivity index (χ1) is 10.5. The molecule has 0 spiro atoms. The number of nitrogens with one attached hydrogen (secondary N) is 1. The molecule has 1 saturated heterocycles. The van der Waals surface area contributed by atoms with Crippen LogP contribution in [0.5, 0.6) is 0 Å². The van der Waals surface area contributed by atoms with Gasteiger partial charge in [-0.2, -0.15) is 0 Å². The van der Waals surface area contributed by atoms with Gasteiger partial charge in [0.1, 0.15) is 11.5 Å². The Labute approximate surface area is 131 Å². The average molecular weight is 332 g/mol. The van der Waals surface area contributed by atoms with Crippen molar-refractivity contribution in [2.75, 3.05) is 26.9 Å². The normalized spacial score (nSPS) is 28.2. The van der Waals surface area contributed by atoms with Gasteiger partial charge in [0.05, 0.1) is 31.2 Å². The minimum atomic E-state index is -0.920. The summed E-state index contributed by atoms with van der Waals surface area (Å²) in [5, 5.41) is 18.6. The Kier molecular flexibility index (Phi) is 5.81. The zero-order valence-corrected chi connectivity index (χ0v) is 13.2. The fourth-order valence-corrected chi connectivity index (χ4v) is 3.76. The second-order valence-corrected chi connectivity index (χ2v) is 6.41. The number of methoxy groups -OCH3 is 1. The second kappa shape index (κ2) is 7.42. The lowest BCUT2D eigenvalue weighted by atomic mass is 10.1. The first-order valence-electron chi connectivity index (χ1n) is 6.86. The van der Waals surface area contributed by atoms with Gasteiger partial charge in [0.25, 0.3) is 5.56 Å². The lowest BCUT2D eigenvalue weighted by Crippen LogP contribution is -2.40. The number of H-pyrrole nitrogens is 1. The van der Waals surface area contributed by atoms with Gasteiger partial charge in [0.2, 0.25) is 0 Å². The van der Waals surface area contributed by atoms with Gasteiger partial charge < -0.3 is 19.7 Å². The van der Waals surface area contributed by atoms with E-state index in [0.29, 0.717) is 12.2 Å². The molecule has 0 bridgehead atoms. The van der Waals surface area contributed by atoms with Gasteiger partial charge in [-0.1, -0.05) is 0 Å². The number of thioether (sulfide) groups is 1. The number of aliphatic hydroxyl groups excluding tert-OH is 2. The maximum absolute atomic E-state index is 12.0. The van der Waals surface area contributed by atoms with E-state index in [0.717, 1.165) is 0 Å². The molecule has 1 aliphatic heterocycles. The highest BCUT2D eigenvalue weighted by atomic mass is 32.2. The monoisotopic (exact) mass is 332 g/mol. The van der Waals surface area contributed by atoms with Crippen LogP contribution in [0, 0.1) is 6.92 Å². The molecular weight excluding hydrogens is 312 g/mol. The van der Waals surface area contributed by atoms with Crippen LogP contribution in [0.3, 0.4) is 0 Å². The van der Waals surface area contributed by atoms with Crippen molar-refractivity contribution in [2.24, 2.45) is 0 Å². The van der Waals surface area contributed by atoms with E-state index in [4.69, 9.17) is 9.47 Å². The summed E-state index contributed by atoms with van der Waals surface area (Å²) in [4.78, 5) is 25.7. The Morgan fingerprint density at radius 2 is 2.14 bits per heavy atom. The summed E-state index contributed by atoms with van der Waals surface area (Å²) in [5.41, 5.74) is -0.627. The molecule has 2 unspecified atom stereocenters. The number of aryl methyl sites for hydroxylation is 1. The first-order valence-corrected chi connectivity index (χ1v) is 7.81. The minimum absolute atomic E-state index is 0.233. The number of ether oxygens (including phenoxy) is 2. The highest BCUT2D eigenvalue weighted by Gasteiger charge is 2.45. The molecule has 8 nitrogen and oxygen atoms in total. The molecule has 1 fully saturated rings. The third-order valence-electron chi connectivity index (χ3n) is 3.51. The van der Waals surface area contributed by atoms with Crippen LogP contribution in [0.4, 0.5) is 0 Å². The lowest BCUT2D eigenvalue weighted by molar-refractivity contribution is -0.0565. The minimum Gasteiger partial charge on any atom is -0.395 e. The van der Waals surface area contributed by atoms with Crippen molar-refractivity contribution < 1.29 is 19.7 Å². The summed E-state index contributed by atoms with van der Waals surface area (Å²) >= 11 is 1.24. The van der Waals surface area contributed by atoms with Crippen LogP contribution >= 0.6 is 11.8 Å². The van der Waals surface area contributed by atoms with Gasteiger partial charge in [-0.25, -0.2) is 4.79 Å². The number of aromatic nitrogens is 2. The SMILES string of the molecule is COCCOC1C(O)[C@@H](CO)S[C@H]1n1cc(C)c(=O)[nH]c1=O. The highest BCUT2D eigenvalue weighted by molar-refractivity contribution is 8.00. The van der Waals surface area contributed by atoms with E-state index in [1.54, 1.807) is 6.92 Å². The third kappa shape index (κ3) is 3.44. The van der Waals surface area contributed by atoms with Crippen LogP contribution < -0.4 is 11.2 Å². The zero-order chi connectivity index (χ0) is 16.3. The topological polar surface area (TPSA) is 114 Å². The quantitative estimate of drug-likeness (QED) is 0.563. The molecule has 4 atom stereocenters. The van der Waals surface area contributed by atoms with Crippen LogP contribution in [0.2, 0.25) is 0 Å². The van der Waals surface area contributed by atoms with Gasteiger partial charge >= 0.3 is 5.69 Å². The van der Waals surface area contributed by atoms with Crippen molar-refractivity contribution in [3.63, 3.8) is 0 Å². The summed E-state index contributed by atoms with van der Waals surface area (Å²) in [6, 6.07) is 0. The number of aromatic amines is 1. The van der Waals surface area contributed by atoms with E-state index in [1.165, 1.54) is 29.6 Å². The fourth-order valence-electron chi connectivity index (χ4n) is 2.32. The molecule has 22 heavy (non-hydrogen) atoms. The van der Waals surface area contributed by atoms with Crippen molar-refractivity contribution >= 4 is 11.8 Å². The van der Waals surface area contributed by atoms with E-state index >= 15 is 0 Å². The summed E-state index contributed by atoms with van der Waals surface area (Å²) in [5.74, 6) is 0. The fraction of sp³-hybridized carbons (Fsp3) is 0.692. The molecule has 0 radical (unpaired) electrons. The largest absolute Gasteiger partial charge is 0.395 e. The van der Waals surface area contributed by atoms with E-state index in [1.807, 2.05) is 0 Å². The average Bonchev–Trinajstić information content (AvgIpc) is 2.80. The zero-order valence-electron chi connectivity index (χ0n) is 12.4. The molecule has 124 valence electrons. The standard InChI is InChI=1S/C13H20N2O6S/c1-7-5-15(13(19)14-11(7)18)12-10(21-4-3-20-2)9(17)8(6-16)22-12/h5,8-10,12,16-17H,3-4,6H2,1-2H3,(H,14,18,19)/t8-,9?,10?,12-/m1/s1. The second-order valence-electron chi connectivity index (χ2n) is 5.05. The van der Waals surface area contributed by atoms with Crippen molar-refractivity contribution in [3.05, 3.63) is 32.6 Å². The molecule has 3 N–H and O–H groups in total. The molecule has 9 heteroatoms. The number of aliphatic hydroxyl groups is 2. The molecule has 1 aromatic heterocycles. The van der Waals surface area contributed by atoms with Gasteiger partial charge in [-0.15, -0.1) is 11.8 Å². The summed E-state index contributed by atoms with van der Waals surface area (Å²) in [6.07, 6.45) is -0.158. The molecule has 0 amide bonds. The number of hydrogen-bond donors (Lipinski definition) is 3. The maximum Gasteiger partial charge on any atom is 0.329 e. The molecule has 1 aromatic rings. The van der Waals surface area contributed by atoms with E-state index in [-0.39, 0.29) is 13.2 Å². The highest BCUT2D eigenvalue weighted by Crippen LogP contribution is 2.42. The van der Waals surface area contributed by atoms with E-state index < -0.39 is 34.1 Å². The molecular formula is C13H20N2O6S. The first kappa shape index (κ1) is 17.2. The van der Waals surface area contributed by atoms with Gasteiger partial charge in [0.15, 0.2) is 0 Å². The van der Waals surface area contributed by atoms with Crippen molar-refractivity contribution in [2.45, 2.75) is 29.8 Å². The van der Waals surface area contributed by atoms with Crippen molar-refractivity contribution in [1.82, 2.24) is 9.55 Å². The third-order valence-corrected chi connectivity index (χ3v) is 5.06. The smallest absolute Gasteiger partial charge is 0.329 e. The Bertz CT molecular complexity index is 615. The molecule has 0 aliphatic carbocycles. The molecule has 1 aliphatic rings. The summed E-state index contributed by atoms with van der Waals surface area (Å²) in [6.45, 7) is 1.97. The Morgan fingerprint density at radius 1 is 1.41 bits per heavy atom. The van der Waals surface area contributed by atoms with Crippen LogP contribution in [-0.4, -0.2) is 64.2 Å². The molecule has 0 saturated carbocycles. The van der Waals surface area contributed by atoms with Gasteiger partial charge in [0, 0.05) is 18.9 Å². The maximum atomic E-state index is 12.0. The van der Waals surface area contributed by atoms with Crippen LogP contribution in [0.25, 0.3) is 0 Å².